The van der Waals surface area contributed by atoms with Crippen LogP contribution >= 0.6 is 0 Å². The number of Topliss-reactive ketones (excluding diaryl/α,β-unsaturated/α-hetero) is 1. The zero-order valence-corrected chi connectivity index (χ0v) is 10.3. The molecule has 5 nitrogen and oxygen atoms in total. The minimum Gasteiger partial charge on any atom is -0.332 e. The van der Waals surface area contributed by atoms with E-state index in [9.17, 15) is 13.2 Å². The zero-order chi connectivity index (χ0) is 12.2. The lowest BCUT2D eigenvalue weighted by Crippen LogP contribution is -2.12. The molecule has 1 aromatic heterocycles. The molecule has 1 heterocycles. The SMILES string of the molecule is CCS(=O)(=O)CCCC(=O)c1nccn1C. The van der Waals surface area contributed by atoms with Crippen molar-refractivity contribution in [2.24, 2.45) is 7.05 Å². The summed E-state index contributed by atoms with van der Waals surface area (Å²) in [5.74, 6) is 0.469. The number of imidazole rings is 1. The molecule has 0 unspecified atom stereocenters. The summed E-state index contributed by atoms with van der Waals surface area (Å²) in [5.41, 5.74) is 0. The molecular weight excluding hydrogens is 228 g/mol. The Balaban J connectivity index is 2.46. The second kappa shape index (κ2) is 5.25. The van der Waals surface area contributed by atoms with Crippen LogP contribution in [0.2, 0.25) is 0 Å². The Labute approximate surface area is 95.4 Å². The third-order valence-corrected chi connectivity index (χ3v) is 4.16. The Morgan fingerprint density at radius 2 is 2.19 bits per heavy atom. The maximum Gasteiger partial charge on any atom is 0.198 e. The van der Waals surface area contributed by atoms with Crippen LogP contribution in [0.1, 0.15) is 30.4 Å². The van der Waals surface area contributed by atoms with Crippen LogP contribution < -0.4 is 0 Å². The Bertz CT molecular complexity index is 462. The van der Waals surface area contributed by atoms with Gasteiger partial charge in [0.25, 0.3) is 0 Å². The van der Waals surface area contributed by atoms with E-state index >= 15 is 0 Å². The van der Waals surface area contributed by atoms with Crippen molar-refractivity contribution in [1.29, 1.82) is 0 Å². The van der Waals surface area contributed by atoms with E-state index in [1.165, 1.54) is 0 Å². The van der Waals surface area contributed by atoms with E-state index in [-0.39, 0.29) is 23.7 Å². The van der Waals surface area contributed by atoms with Gasteiger partial charge in [0.15, 0.2) is 11.6 Å². The molecule has 0 atom stereocenters. The smallest absolute Gasteiger partial charge is 0.198 e. The van der Waals surface area contributed by atoms with Crippen LogP contribution in [0.3, 0.4) is 0 Å². The molecule has 0 spiro atoms. The molecule has 0 radical (unpaired) electrons. The molecule has 0 N–H and O–H groups in total. The summed E-state index contributed by atoms with van der Waals surface area (Å²) in [4.78, 5) is 15.5. The summed E-state index contributed by atoms with van der Waals surface area (Å²) in [5, 5.41) is 0. The van der Waals surface area contributed by atoms with Gasteiger partial charge in [0, 0.05) is 31.6 Å². The van der Waals surface area contributed by atoms with Crippen LogP contribution in [-0.4, -0.2) is 35.3 Å². The van der Waals surface area contributed by atoms with E-state index < -0.39 is 9.84 Å². The lowest BCUT2D eigenvalue weighted by Gasteiger charge is -2.01. The fourth-order valence-electron chi connectivity index (χ4n) is 1.34. The number of ketones is 1. The molecule has 0 fully saturated rings. The number of aryl methyl sites for hydroxylation is 1. The summed E-state index contributed by atoms with van der Waals surface area (Å²) in [7, 11) is -1.23. The van der Waals surface area contributed by atoms with Crippen molar-refractivity contribution in [1.82, 2.24) is 9.55 Å². The number of carbonyl (C=O) groups excluding carboxylic acids is 1. The molecule has 0 aromatic carbocycles. The first-order valence-electron chi connectivity index (χ1n) is 5.17. The number of rotatable bonds is 6. The van der Waals surface area contributed by atoms with Crippen LogP contribution in [0, 0.1) is 0 Å². The third kappa shape index (κ3) is 3.44. The van der Waals surface area contributed by atoms with E-state index in [1.54, 1.807) is 30.9 Å². The van der Waals surface area contributed by atoms with Gasteiger partial charge in [0.05, 0.1) is 5.75 Å². The number of hydrogen-bond acceptors (Lipinski definition) is 4. The molecule has 1 rings (SSSR count). The van der Waals surface area contributed by atoms with Gasteiger partial charge in [0.1, 0.15) is 9.84 Å². The summed E-state index contributed by atoms with van der Waals surface area (Å²) in [6, 6.07) is 0. The average molecular weight is 244 g/mol. The van der Waals surface area contributed by atoms with Crippen LogP contribution in [0.25, 0.3) is 0 Å². The first-order chi connectivity index (χ1) is 7.46. The van der Waals surface area contributed by atoms with Crippen molar-refractivity contribution in [3.8, 4) is 0 Å². The Kier molecular flexibility index (Phi) is 4.23. The molecule has 0 aliphatic rings. The lowest BCUT2D eigenvalue weighted by atomic mass is 10.2. The van der Waals surface area contributed by atoms with Crippen molar-refractivity contribution >= 4 is 15.6 Å². The van der Waals surface area contributed by atoms with E-state index in [0.29, 0.717) is 12.2 Å². The Morgan fingerprint density at radius 3 is 2.69 bits per heavy atom. The van der Waals surface area contributed by atoms with Crippen molar-refractivity contribution < 1.29 is 13.2 Å². The molecule has 1 aromatic rings. The topological polar surface area (TPSA) is 69.0 Å². The van der Waals surface area contributed by atoms with E-state index in [2.05, 4.69) is 4.98 Å². The fraction of sp³-hybridized carbons (Fsp3) is 0.600. The van der Waals surface area contributed by atoms with Gasteiger partial charge in [-0.2, -0.15) is 0 Å². The minimum absolute atomic E-state index is 0.0691. The van der Waals surface area contributed by atoms with Gasteiger partial charge < -0.3 is 4.57 Å². The first kappa shape index (κ1) is 12.9. The van der Waals surface area contributed by atoms with E-state index in [0.717, 1.165) is 0 Å². The van der Waals surface area contributed by atoms with Crippen LogP contribution in [0.15, 0.2) is 12.4 Å². The summed E-state index contributed by atoms with van der Waals surface area (Å²) in [6.07, 6.45) is 3.83. The zero-order valence-electron chi connectivity index (χ0n) is 9.51. The Morgan fingerprint density at radius 1 is 1.50 bits per heavy atom. The second-order valence-electron chi connectivity index (χ2n) is 3.62. The predicted octanol–water partition coefficient (Wildman–Crippen LogP) is 0.818. The summed E-state index contributed by atoms with van der Waals surface area (Å²) < 4.78 is 24.0. The molecule has 0 saturated heterocycles. The standard InChI is InChI=1S/C10H16N2O3S/c1-3-16(14,15)8-4-5-9(13)10-11-6-7-12(10)2/h6-7H,3-5,8H2,1-2H3. The van der Waals surface area contributed by atoms with Crippen LogP contribution in [0.4, 0.5) is 0 Å². The molecule has 16 heavy (non-hydrogen) atoms. The first-order valence-corrected chi connectivity index (χ1v) is 6.99. The van der Waals surface area contributed by atoms with Crippen molar-refractivity contribution in [3.63, 3.8) is 0 Å². The number of sulfone groups is 1. The maximum atomic E-state index is 11.6. The second-order valence-corrected chi connectivity index (χ2v) is 6.10. The molecule has 0 saturated carbocycles. The molecule has 90 valence electrons. The molecule has 0 aliphatic heterocycles. The number of nitrogens with zero attached hydrogens (tertiary/aromatic N) is 2. The van der Waals surface area contributed by atoms with Gasteiger partial charge in [-0.3, -0.25) is 4.79 Å². The Hall–Kier alpha value is -1.17. The highest BCUT2D eigenvalue weighted by molar-refractivity contribution is 7.91. The summed E-state index contributed by atoms with van der Waals surface area (Å²) >= 11 is 0. The van der Waals surface area contributed by atoms with Gasteiger partial charge in [-0.15, -0.1) is 0 Å². The van der Waals surface area contributed by atoms with Gasteiger partial charge in [-0.1, -0.05) is 6.92 Å². The van der Waals surface area contributed by atoms with E-state index in [1.807, 2.05) is 0 Å². The van der Waals surface area contributed by atoms with Gasteiger partial charge >= 0.3 is 0 Å². The molecular formula is C10H16N2O3S. The monoisotopic (exact) mass is 244 g/mol. The molecule has 0 amide bonds. The maximum absolute atomic E-state index is 11.6. The van der Waals surface area contributed by atoms with Crippen LogP contribution in [0.5, 0.6) is 0 Å². The molecule has 6 heteroatoms. The third-order valence-electron chi connectivity index (χ3n) is 2.37. The highest BCUT2D eigenvalue weighted by Crippen LogP contribution is 2.04. The number of aromatic nitrogens is 2. The van der Waals surface area contributed by atoms with Gasteiger partial charge in [0.2, 0.25) is 0 Å². The molecule has 0 bridgehead atoms. The highest BCUT2D eigenvalue weighted by atomic mass is 32.2. The molecule has 0 aliphatic carbocycles. The number of hydrogen-bond donors (Lipinski definition) is 0. The number of carbonyl (C=O) groups is 1. The minimum atomic E-state index is -2.97. The van der Waals surface area contributed by atoms with Crippen LogP contribution in [-0.2, 0) is 16.9 Å². The lowest BCUT2D eigenvalue weighted by molar-refractivity contribution is 0.0969. The van der Waals surface area contributed by atoms with Crippen molar-refractivity contribution in [2.45, 2.75) is 19.8 Å². The highest BCUT2D eigenvalue weighted by Gasteiger charge is 2.13. The van der Waals surface area contributed by atoms with Gasteiger partial charge in [-0.25, -0.2) is 13.4 Å². The largest absolute Gasteiger partial charge is 0.332 e. The quantitative estimate of drug-likeness (QED) is 0.695. The average Bonchev–Trinajstić information content (AvgIpc) is 2.64. The van der Waals surface area contributed by atoms with Crippen molar-refractivity contribution in [2.75, 3.05) is 11.5 Å². The van der Waals surface area contributed by atoms with Gasteiger partial charge in [-0.05, 0) is 6.42 Å². The summed E-state index contributed by atoms with van der Waals surface area (Å²) in [6.45, 7) is 1.61. The normalized spacial score (nSPS) is 11.6. The predicted molar refractivity (Wildman–Crippen MR) is 61.1 cm³/mol. The van der Waals surface area contributed by atoms with Crippen molar-refractivity contribution in [3.05, 3.63) is 18.2 Å². The fourth-order valence-corrected chi connectivity index (χ4v) is 2.22. The van der Waals surface area contributed by atoms with E-state index in [4.69, 9.17) is 0 Å².